The summed E-state index contributed by atoms with van der Waals surface area (Å²) in [6, 6.07) is 9.86. The summed E-state index contributed by atoms with van der Waals surface area (Å²) in [5, 5.41) is 0. The van der Waals surface area contributed by atoms with Crippen LogP contribution in [-0.2, 0) is 0 Å². The molecule has 0 fully saturated rings. The Hall–Kier alpha value is -0.0600. The van der Waals surface area contributed by atoms with Gasteiger partial charge in [0.15, 0.2) is 4.67 Å². The summed E-state index contributed by atoms with van der Waals surface area (Å²) in [4.78, 5) is 0. The topological polar surface area (TPSA) is 13.1 Å². The lowest BCUT2D eigenvalue weighted by Gasteiger charge is -1.97. The summed E-state index contributed by atoms with van der Waals surface area (Å²) in [5.74, 6) is 0.837. The molecule has 1 heterocycles. The van der Waals surface area contributed by atoms with Gasteiger partial charge in [-0.2, -0.15) is 0 Å². The molecule has 1 nitrogen and oxygen atoms in total. The van der Waals surface area contributed by atoms with Crippen molar-refractivity contribution in [1.29, 1.82) is 0 Å². The molecule has 14 heavy (non-hydrogen) atoms. The summed E-state index contributed by atoms with van der Waals surface area (Å²) in [6.45, 7) is 0. The fourth-order valence-electron chi connectivity index (χ4n) is 1.14. The van der Waals surface area contributed by atoms with Crippen LogP contribution in [0.15, 0.2) is 48.4 Å². The highest BCUT2D eigenvalue weighted by Crippen LogP contribution is 2.34. The molecule has 0 unspecified atom stereocenters. The minimum atomic E-state index is 0.724. The van der Waals surface area contributed by atoms with E-state index in [9.17, 15) is 0 Å². The second-order valence-corrected chi connectivity index (χ2v) is 5.29. The lowest BCUT2D eigenvalue weighted by Crippen LogP contribution is -1.73. The number of hydrogen-bond donors (Lipinski definition) is 0. The number of benzene rings is 1. The molecule has 0 radical (unpaired) electrons. The highest BCUT2D eigenvalue weighted by Gasteiger charge is 2.09. The van der Waals surface area contributed by atoms with E-state index in [0.717, 1.165) is 24.9 Å². The van der Waals surface area contributed by atoms with E-state index < -0.39 is 0 Å². The first kappa shape index (κ1) is 10.5. The Labute approximate surface area is 107 Å². The van der Waals surface area contributed by atoms with Crippen molar-refractivity contribution < 1.29 is 4.42 Å². The molecule has 0 N–H and O–H groups in total. The molecule has 0 aliphatic rings. The number of halogens is 3. The largest absolute Gasteiger partial charge is 0.448 e. The first-order chi connectivity index (χ1) is 6.66. The quantitative estimate of drug-likeness (QED) is 0.660. The molecule has 1 aromatic heterocycles. The maximum Gasteiger partial charge on any atom is 0.171 e. The third-order valence-corrected chi connectivity index (χ3v) is 3.27. The van der Waals surface area contributed by atoms with Crippen LogP contribution in [0, 0.1) is 0 Å². The Bertz CT molecular complexity index is 445. The molecule has 2 rings (SSSR count). The standard InChI is InChI=1S/C10H5Br3O/c11-7-3-1-6(2-4-7)10-8(12)5-9(13)14-10/h1-5H. The fraction of sp³-hybridized carbons (Fsp3) is 0. The molecular weight excluding hydrogens is 376 g/mol. The molecule has 0 amide bonds. The van der Waals surface area contributed by atoms with Crippen molar-refractivity contribution in [2.45, 2.75) is 0 Å². The minimum Gasteiger partial charge on any atom is -0.448 e. The van der Waals surface area contributed by atoms with Crippen molar-refractivity contribution in [2.24, 2.45) is 0 Å². The molecule has 0 saturated carbocycles. The van der Waals surface area contributed by atoms with Gasteiger partial charge in [0, 0.05) is 16.1 Å². The van der Waals surface area contributed by atoms with Crippen LogP contribution in [0.4, 0.5) is 0 Å². The third-order valence-electron chi connectivity index (χ3n) is 1.76. The van der Waals surface area contributed by atoms with Gasteiger partial charge in [-0.1, -0.05) is 28.1 Å². The van der Waals surface area contributed by atoms with Gasteiger partial charge in [0.05, 0.1) is 4.47 Å². The molecule has 0 aliphatic carbocycles. The van der Waals surface area contributed by atoms with Crippen LogP contribution in [0.1, 0.15) is 0 Å². The maximum atomic E-state index is 5.49. The summed E-state index contributed by atoms with van der Waals surface area (Å²) in [5.41, 5.74) is 1.05. The molecule has 1 aromatic carbocycles. The Morgan fingerprint density at radius 2 is 1.57 bits per heavy atom. The summed E-state index contributed by atoms with van der Waals surface area (Å²) >= 11 is 10.1. The van der Waals surface area contributed by atoms with E-state index in [1.54, 1.807) is 0 Å². The van der Waals surface area contributed by atoms with E-state index in [-0.39, 0.29) is 0 Å². The van der Waals surface area contributed by atoms with Crippen LogP contribution in [-0.4, -0.2) is 0 Å². The van der Waals surface area contributed by atoms with Gasteiger partial charge in [-0.05, 0) is 44.0 Å². The lowest BCUT2D eigenvalue weighted by atomic mass is 10.2. The second kappa shape index (κ2) is 4.21. The summed E-state index contributed by atoms with van der Waals surface area (Å²) < 4.78 is 8.23. The Morgan fingerprint density at radius 3 is 2.07 bits per heavy atom. The van der Waals surface area contributed by atoms with E-state index in [4.69, 9.17) is 4.42 Å². The zero-order valence-corrected chi connectivity index (χ0v) is 11.7. The zero-order valence-electron chi connectivity index (χ0n) is 6.93. The van der Waals surface area contributed by atoms with E-state index in [1.165, 1.54) is 0 Å². The lowest BCUT2D eigenvalue weighted by molar-refractivity contribution is 0.555. The molecule has 0 aliphatic heterocycles. The minimum absolute atomic E-state index is 0.724. The smallest absolute Gasteiger partial charge is 0.171 e. The first-order valence-corrected chi connectivity index (χ1v) is 6.25. The van der Waals surface area contributed by atoms with Crippen molar-refractivity contribution in [1.82, 2.24) is 0 Å². The molecule has 2 aromatic rings. The van der Waals surface area contributed by atoms with Gasteiger partial charge in [0.1, 0.15) is 5.76 Å². The van der Waals surface area contributed by atoms with Gasteiger partial charge >= 0.3 is 0 Å². The molecular formula is C10H5Br3O. The predicted octanol–water partition coefficient (Wildman–Crippen LogP) is 5.23. The predicted molar refractivity (Wildman–Crippen MR) is 67.2 cm³/mol. The molecule has 0 spiro atoms. The molecule has 0 bridgehead atoms. The highest BCUT2D eigenvalue weighted by molar-refractivity contribution is 9.11. The van der Waals surface area contributed by atoms with Crippen LogP contribution in [0.5, 0.6) is 0 Å². The van der Waals surface area contributed by atoms with Gasteiger partial charge in [0.25, 0.3) is 0 Å². The van der Waals surface area contributed by atoms with E-state index in [2.05, 4.69) is 47.8 Å². The maximum absolute atomic E-state index is 5.49. The van der Waals surface area contributed by atoms with Crippen LogP contribution < -0.4 is 0 Å². The monoisotopic (exact) mass is 378 g/mol. The summed E-state index contributed by atoms with van der Waals surface area (Å²) in [7, 11) is 0. The Morgan fingerprint density at radius 1 is 0.929 bits per heavy atom. The SMILES string of the molecule is Brc1ccc(-c2oc(Br)cc2Br)cc1. The number of furan rings is 1. The van der Waals surface area contributed by atoms with Crippen LogP contribution in [0.2, 0.25) is 0 Å². The third kappa shape index (κ3) is 2.12. The molecule has 0 saturated heterocycles. The van der Waals surface area contributed by atoms with E-state index in [0.29, 0.717) is 0 Å². The molecule has 72 valence electrons. The van der Waals surface area contributed by atoms with Gasteiger partial charge < -0.3 is 4.42 Å². The van der Waals surface area contributed by atoms with E-state index in [1.807, 2.05) is 30.3 Å². The van der Waals surface area contributed by atoms with Crippen molar-refractivity contribution in [2.75, 3.05) is 0 Å². The Balaban J connectivity index is 2.49. The Kier molecular flexibility index (Phi) is 3.14. The van der Waals surface area contributed by atoms with Crippen molar-refractivity contribution in [3.8, 4) is 11.3 Å². The fourth-order valence-corrected chi connectivity index (χ4v) is 2.62. The number of rotatable bonds is 1. The molecule has 4 heteroatoms. The highest BCUT2D eigenvalue weighted by atomic mass is 79.9. The van der Waals surface area contributed by atoms with Gasteiger partial charge in [0.2, 0.25) is 0 Å². The van der Waals surface area contributed by atoms with Crippen LogP contribution >= 0.6 is 47.8 Å². The molecule has 0 atom stereocenters. The normalized spacial score (nSPS) is 10.5. The summed E-state index contributed by atoms with van der Waals surface area (Å²) in [6.07, 6.45) is 0. The first-order valence-electron chi connectivity index (χ1n) is 3.87. The van der Waals surface area contributed by atoms with Gasteiger partial charge in [-0.25, -0.2) is 0 Å². The zero-order chi connectivity index (χ0) is 10.1. The van der Waals surface area contributed by atoms with E-state index >= 15 is 0 Å². The van der Waals surface area contributed by atoms with Crippen molar-refractivity contribution >= 4 is 47.8 Å². The average Bonchev–Trinajstić information content (AvgIpc) is 2.47. The van der Waals surface area contributed by atoms with Crippen molar-refractivity contribution in [3.05, 3.63) is 43.9 Å². The average molecular weight is 381 g/mol. The van der Waals surface area contributed by atoms with Gasteiger partial charge in [-0.3, -0.25) is 0 Å². The van der Waals surface area contributed by atoms with Crippen molar-refractivity contribution in [3.63, 3.8) is 0 Å². The van der Waals surface area contributed by atoms with Crippen LogP contribution in [0.25, 0.3) is 11.3 Å². The second-order valence-electron chi connectivity index (χ2n) is 2.73. The number of hydrogen-bond acceptors (Lipinski definition) is 1. The van der Waals surface area contributed by atoms with Gasteiger partial charge in [-0.15, -0.1) is 0 Å². The van der Waals surface area contributed by atoms with Crippen LogP contribution in [0.3, 0.4) is 0 Å².